The average Bonchev–Trinajstić information content (AvgIpc) is 2.60. The highest BCUT2D eigenvalue weighted by Crippen LogP contribution is 2.21. The molecule has 0 unspecified atom stereocenters. The number of sulfonamides is 1. The number of hydrogen-bond acceptors (Lipinski definition) is 4. The summed E-state index contributed by atoms with van der Waals surface area (Å²) in [7, 11) is 0.214. The van der Waals surface area contributed by atoms with E-state index in [1.165, 1.54) is 0 Å². The molecule has 1 amide bonds. The summed E-state index contributed by atoms with van der Waals surface area (Å²) in [6.45, 7) is 2.59. The summed E-state index contributed by atoms with van der Waals surface area (Å²) in [5, 5.41) is 3.01. The second kappa shape index (κ2) is 8.60. The quantitative estimate of drug-likeness (QED) is 0.796. The van der Waals surface area contributed by atoms with Crippen molar-refractivity contribution in [3.8, 4) is 0 Å². The van der Waals surface area contributed by atoms with Crippen LogP contribution in [-0.2, 0) is 21.2 Å². The first-order valence-corrected chi connectivity index (χ1v) is 9.87. The first-order valence-electron chi connectivity index (χ1n) is 8.43. The predicted molar refractivity (Wildman–Crippen MR) is 94.3 cm³/mol. The molecule has 2 rings (SSSR count). The Morgan fingerprint density at radius 1 is 1.17 bits per heavy atom. The zero-order chi connectivity index (χ0) is 17.6. The smallest absolute Gasteiger partial charge is 0.243 e. The number of nitrogens with zero attached hydrogens (tertiary/aromatic N) is 2. The molecular formula is C17H27N3O3S. The number of amides is 1. The number of piperidine rings is 1. The van der Waals surface area contributed by atoms with Gasteiger partial charge in [0.25, 0.3) is 0 Å². The lowest BCUT2D eigenvalue weighted by atomic mass is 10.1. The summed E-state index contributed by atoms with van der Waals surface area (Å²) in [6, 6.07) is 6.70. The topological polar surface area (TPSA) is 69.7 Å². The van der Waals surface area contributed by atoms with Gasteiger partial charge in [0, 0.05) is 33.2 Å². The molecule has 1 aromatic carbocycles. The van der Waals surface area contributed by atoms with E-state index in [1.807, 2.05) is 7.05 Å². The molecule has 1 fully saturated rings. The summed E-state index contributed by atoms with van der Waals surface area (Å²) in [4.78, 5) is 14.1. The summed E-state index contributed by atoms with van der Waals surface area (Å²) in [6.07, 6.45) is 3.22. The fourth-order valence-electron chi connectivity index (χ4n) is 2.75. The molecule has 1 aromatic rings. The Labute approximate surface area is 144 Å². The van der Waals surface area contributed by atoms with Crippen molar-refractivity contribution in [2.24, 2.45) is 0 Å². The van der Waals surface area contributed by atoms with E-state index < -0.39 is 10.0 Å². The number of rotatable bonds is 7. The second-order valence-corrected chi connectivity index (χ2v) is 8.14. The number of nitrogens with one attached hydrogen (secondary N) is 1. The molecule has 0 aliphatic carbocycles. The van der Waals surface area contributed by atoms with Crippen LogP contribution in [0.5, 0.6) is 0 Å². The van der Waals surface area contributed by atoms with Gasteiger partial charge in [-0.05, 0) is 37.6 Å². The zero-order valence-electron chi connectivity index (χ0n) is 14.5. The van der Waals surface area contributed by atoms with Crippen molar-refractivity contribution in [3.05, 3.63) is 29.8 Å². The Hall–Kier alpha value is -1.44. The Morgan fingerprint density at radius 3 is 2.38 bits per heavy atom. The van der Waals surface area contributed by atoms with Crippen molar-refractivity contribution in [3.63, 3.8) is 0 Å². The van der Waals surface area contributed by atoms with Gasteiger partial charge in [0.15, 0.2) is 0 Å². The Kier molecular flexibility index (Phi) is 6.77. The normalized spacial score (nSPS) is 16.1. The molecule has 134 valence electrons. The van der Waals surface area contributed by atoms with Gasteiger partial charge in [-0.2, -0.15) is 4.31 Å². The maximum atomic E-state index is 12.6. The molecule has 1 aliphatic heterocycles. The zero-order valence-corrected chi connectivity index (χ0v) is 15.3. The SMILES string of the molecule is CNCCN(C)C(=O)Cc1ccc(S(=O)(=O)N2CCCCC2)cc1. The minimum absolute atomic E-state index is 0.0249. The minimum atomic E-state index is -3.41. The van der Waals surface area contributed by atoms with Crippen LogP contribution in [0.4, 0.5) is 0 Å². The third kappa shape index (κ3) is 4.78. The van der Waals surface area contributed by atoms with Gasteiger partial charge in [-0.1, -0.05) is 18.6 Å². The van der Waals surface area contributed by atoms with Gasteiger partial charge in [-0.15, -0.1) is 0 Å². The standard InChI is InChI=1S/C17H27N3O3S/c1-18-10-13-19(2)17(21)14-15-6-8-16(9-7-15)24(22,23)20-11-4-3-5-12-20/h6-9,18H,3-5,10-14H2,1-2H3. The summed E-state index contributed by atoms with van der Waals surface area (Å²) < 4.78 is 26.7. The lowest BCUT2D eigenvalue weighted by Crippen LogP contribution is -2.35. The van der Waals surface area contributed by atoms with Crippen molar-refractivity contribution >= 4 is 15.9 Å². The lowest BCUT2D eigenvalue weighted by molar-refractivity contribution is -0.129. The third-order valence-electron chi connectivity index (χ3n) is 4.35. The monoisotopic (exact) mass is 353 g/mol. The molecule has 1 saturated heterocycles. The Balaban J connectivity index is 2.01. The number of carbonyl (C=O) groups is 1. The summed E-state index contributed by atoms with van der Waals surface area (Å²) in [5.74, 6) is 0.0249. The first-order chi connectivity index (χ1) is 11.4. The van der Waals surface area contributed by atoms with Gasteiger partial charge in [-0.3, -0.25) is 4.79 Å². The molecule has 0 atom stereocenters. The third-order valence-corrected chi connectivity index (χ3v) is 6.27. The molecule has 0 bridgehead atoms. The largest absolute Gasteiger partial charge is 0.344 e. The molecule has 1 N–H and O–H groups in total. The van der Waals surface area contributed by atoms with Crippen LogP contribution in [0.2, 0.25) is 0 Å². The van der Waals surface area contributed by atoms with Gasteiger partial charge in [0.1, 0.15) is 0 Å². The second-order valence-electron chi connectivity index (χ2n) is 6.20. The van der Waals surface area contributed by atoms with Crippen LogP contribution in [0.25, 0.3) is 0 Å². The van der Waals surface area contributed by atoms with E-state index in [-0.39, 0.29) is 12.3 Å². The van der Waals surface area contributed by atoms with Crippen molar-refractivity contribution in [2.75, 3.05) is 40.3 Å². The van der Waals surface area contributed by atoms with E-state index in [0.717, 1.165) is 31.4 Å². The van der Waals surface area contributed by atoms with Crippen molar-refractivity contribution in [1.82, 2.24) is 14.5 Å². The molecule has 7 heteroatoms. The predicted octanol–water partition coefficient (Wildman–Crippen LogP) is 1.08. The molecule has 1 heterocycles. The van der Waals surface area contributed by atoms with E-state index in [0.29, 0.717) is 24.5 Å². The highest BCUT2D eigenvalue weighted by Gasteiger charge is 2.25. The molecule has 6 nitrogen and oxygen atoms in total. The van der Waals surface area contributed by atoms with Gasteiger partial charge >= 0.3 is 0 Å². The number of benzene rings is 1. The van der Waals surface area contributed by atoms with Crippen LogP contribution < -0.4 is 5.32 Å². The lowest BCUT2D eigenvalue weighted by Gasteiger charge is -2.25. The van der Waals surface area contributed by atoms with E-state index in [2.05, 4.69) is 5.32 Å². The van der Waals surface area contributed by atoms with Crippen LogP contribution >= 0.6 is 0 Å². The Bertz CT molecular complexity index is 638. The summed E-state index contributed by atoms with van der Waals surface area (Å²) in [5.41, 5.74) is 0.828. The molecule has 24 heavy (non-hydrogen) atoms. The van der Waals surface area contributed by atoms with Gasteiger partial charge in [-0.25, -0.2) is 8.42 Å². The highest BCUT2D eigenvalue weighted by atomic mass is 32.2. The molecule has 0 spiro atoms. The van der Waals surface area contributed by atoms with E-state index in [1.54, 1.807) is 40.5 Å². The van der Waals surface area contributed by atoms with Crippen molar-refractivity contribution in [1.29, 1.82) is 0 Å². The van der Waals surface area contributed by atoms with E-state index in [4.69, 9.17) is 0 Å². The molecule has 0 saturated carbocycles. The van der Waals surface area contributed by atoms with Gasteiger partial charge in [0.05, 0.1) is 11.3 Å². The van der Waals surface area contributed by atoms with Gasteiger partial charge in [0.2, 0.25) is 15.9 Å². The van der Waals surface area contributed by atoms with Crippen molar-refractivity contribution < 1.29 is 13.2 Å². The highest BCUT2D eigenvalue weighted by molar-refractivity contribution is 7.89. The van der Waals surface area contributed by atoms with Crippen LogP contribution in [-0.4, -0.2) is 63.8 Å². The first kappa shape index (κ1) is 18.9. The number of likely N-dealkylation sites (N-methyl/N-ethyl adjacent to an activating group) is 2. The number of hydrogen-bond donors (Lipinski definition) is 1. The van der Waals surface area contributed by atoms with Crippen molar-refractivity contribution in [2.45, 2.75) is 30.6 Å². The van der Waals surface area contributed by atoms with Crippen LogP contribution in [0.1, 0.15) is 24.8 Å². The number of carbonyl (C=O) groups excluding carboxylic acids is 1. The maximum Gasteiger partial charge on any atom is 0.243 e. The molecule has 0 aromatic heterocycles. The van der Waals surface area contributed by atoms with Crippen LogP contribution in [0.15, 0.2) is 29.2 Å². The average molecular weight is 353 g/mol. The maximum absolute atomic E-state index is 12.6. The minimum Gasteiger partial charge on any atom is -0.344 e. The van der Waals surface area contributed by atoms with Crippen LogP contribution in [0, 0.1) is 0 Å². The molecule has 0 radical (unpaired) electrons. The fraction of sp³-hybridized carbons (Fsp3) is 0.588. The molecular weight excluding hydrogens is 326 g/mol. The molecule has 1 aliphatic rings. The fourth-order valence-corrected chi connectivity index (χ4v) is 4.26. The van der Waals surface area contributed by atoms with E-state index in [9.17, 15) is 13.2 Å². The van der Waals surface area contributed by atoms with E-state index >= 15 is 0 Å². The van der Waals surface area contributed by atoms with Crippen LogP contribution in [0.3, 0.4) is 0 Å². The summed E-state index contributed by atoms with van der Waals surface area (Å²) >= 11 is 0. The van der Waals surface area contributed by atoms with Gasteiger partial charge < -0.3 is 10.2 Å². The Morgan fingerprint density at radius 2 is 1.79 bits per heavy atom.